The number of aromatic nitrogens is 1. The number of nitrogens with zero attached hydrogens (tertiary/aromatic N) is 1. The van der Waals surface area contributed by atoms with Gasteiger partial charge in [0.15, 0.2) is 0 Å². The maximum absolute atomic E-state index is 11.5. The van der Waals surface area contributed by atoms with Gasteiger partial charge in [0, 0.05) is 12.1 Å². The van der Waals surface area contributed by atoms with Crippen LogP contribution in [0.4, 0.5) is 10.5 Å². The summed E-state index contributed by atoms with van der Waals surface area (Å²) in [6.45, 7) is 1.82. The molecule has 1 rings (SSSR count). The Hall–Kier alpha value is -2.55. The first-order chi connectivity index (χ1) is 8.52. The van der Waals surface area contributed by atoms with E-state index in [2.05, 4.69) is 21.5 Å². The molecule has 0 saturated heterocycles. The van der Waals surface area contributed by atoms with Gasteiger partial charge in [-0.25, -0.2) is 9.59 Å². The Morgan fingerprint density at radius 1 is 1.56 bits per heavy atom. The quantitative estimate of drug-likeness (QED) is 0.692. The molecule has 0 spiro atoms. The van der Waals surface area contributed by atoms with E-state index in [1.807, 2.05) is 6.92 Å². The van der Waals surface area contributed by atoms with Gasteiger partial charge in [-0.3, -0.25) is 4.98 Å². The standard InChI is InChI=1S/C12H13N3O3/c1-3-4-10(11(16)17)15-12(18)14-9-6-5-8(2)13-7-9/h1,5-7,10H,4H2,2H3,(H,16,17)(H2,14,15,18). The van der Waals surface area contributed by atoms with Gasteiger partial charge < -0.3 is 15.7 Å². The molecule has 0 aromatic carbocycles. The van der Waals surface area contributed by atoms with E-state index in [4.69, 9.17) is 11.5 Å². The van der Waals surface area contributed by atoms with E-state index in [9.17, 15) is 9.59 Å². The molecule has 1 aromatic heterocycles. The highest BCUT2D eigenvalue weighted by Gasteiger charge is 2.18. The van der Waals surface area contributed by atoms with Crippen molar-refractivity contribution in [1.82, 2.24) is 10.3 Å². The van der Waals surface area contributed by atoms with Crippen LogP contribution in [0.3, 0.4) is 0 Å². The van der Waals surface area contributed by atoms with Crippen molar-refractivity contribution < 1.29 is 14.7 Å². The summed E-state index contributed by atoms with van der Waals surface area (Å²) in [5.41, 5.74) is 1.29. The summed E-state index contributed by atoms with van der Waals surface area (Å²) < 4.78 is 0. The Balaban J connectivity index is 2.58. The number of terminal acetylenes is 1. The Bertz CT molecular complexity index is 476. The average Bonchev–Trinajstić information content (AvgIpc) is 2.31. The van der Waals surface area contributed by atoms with E-state index in [0.29, 0.717) is 5.69 Å². The number of anilines is 1. The zero-order valence-electron chi connectivity index (χ0n) is 9.80. The van der Waals surface area contributed by atoms with E-state index in [-0.39, 0.29) is 6.42 Å². The number of carboxylic acid groups (broad SMARTS) is 1. The maximum Gasteiger partial charge on any atom is 0.327 e. The minimum atomic E-state index is -1.18. The first kappa shape index (κ1) is 13.5. The van der Waals surface area contributed by atoms with Gasteiger partial charge in [-0.1, -0.05) is 0 Å². The highest BCUT2D eigenvalue weighted by Crippen LogP contribution is 2.05. The van der Waals surface area contributed by atoms with Crippen LogP contribution < -0.4 is 10.6 Å². The molecule has 6 nitrogen and oxygen atoms in total. The van der Waals surface area contributed by atoms with E-state index >= 15 is 0 Å². The SMILES string of the molecule is C#CCC(NC(=O)Nc1ccc(C)nc1)C(=O)O. The van der Waals surface area contributed by atoms with Gasteiger partial charge in [-0.2, -0.15) is 0 Å². The van der Waals surface area contributed by atoms with Crippen LogP contribution in [-0.4, -0.2) is 28.1 Å². The molecule has 0 radical (unpaired) electrons. The average molecular weight is 247 g/mol. The second kappa shape index (κ2) is 6.25. The van der Waals surface area contributed by atoms with Crippen molar-refractivity contribution in [2.75, 3.05) is 5.32 Å². The highest BCUT2D eigenvalue weighted by atomic mass is 16.4. The monoisotopic (exact) mass is 247 g/mol. The summed E-state index contributed by atoms with van der Waals surface area (Å²) in [7, 11) is 0. The summed E-state index contributed by atoms with van der Waals surface area (Å²) in [6, 6.07) is 1.65. The third kappa shape index (κ3) is 4.14. The largest absolute Gasteiger partial charge is 0.480 e. The van der Waals surface area contributed by atoms with Crippen molar-refractivity contribution in [2.24, 2.45) is 0 Å². The number of rotatable bonds is 4. The second-order valence-electron chi connectivity index (χ2n) is 3.59. The lowest BCUT2D eigenvalue weighted by atomic mass is 10.2. The minimum Gasteiger partial charge on any atom is -0.480 e. The first-order valence-corrected chi connectivity index (χ1v) is 5.19. The molecular formula is C12H13N3O3. The summed E-state index contributed by atoms with van der Waals surface area (Å²) in [5.74, 6) is 1.01. The number of hydrogen-bond donors (Lipinski definition) is 3. The van der Waals surface area contributed by atoms with Crippen LogP contribution in [0.25, 0.3) is 0 Å². The number of pyridine rings is 1. The minimum absolute atomic E-state index is 0.0745. The van der Waals surface area contributed by atoms with Crippen molar-refractivity contribution in [1.29, 1.82) is 0 Å². The van der Waals surface area contributed by atoms with Gasteiger partial charge in [0.1, 0.15) is 6.04 Å². The third-order valence-electron chi connectivity index (χ3n) is 2.09. The van der Waals surface area contributed by atoms with Gasteiger partial charge in [0.25, 0.3) is 0 Å². The summed E-state index contributed by atoms with van der Waals surface area (Å²) in [6.07, 6.45) is 6.42. The van der Waals surface area contributed by atoms with Crippen molar-refractivity contribution >= 4 is 17.7 Å². The molecule has 0 aliphatic heterocycles. The number of carboxylic acids is 1. The van der Waals surface area contributed by atoms with Crippen molar-refractivity contribution in [3.63, 3.8) is 0 Å². The topological polar surface area (TPSA) is 91.3 Å². The fourth-order valence-corrected chi connectivity index (χ4v) is 1.19. The van der Waals surface area contributed by atoms with Crippen molar-refractivity contribution in [2.45, 2.75) is 19.4 Å². The normalized spacial score (nSPS) is 11.1. The Labute approximate surface area is 104 Å². The lowest BCUT2D eigenvalue weighted by Gasteiger charge is -2.12. The molecule has 6 heteroatoms. The number of amides is 2. The molecule has 1 aromatic rings. The lowest BCUT2D eigenvalue weighted by Crippen LogP contribution is -2.42. The van der Waals surface area contributed by atoms with E-state index in [1.54, 1.807) is 12.1 Å². The zero-order chi connectivity index (χ0) is 13.5. The number of carbonyl (C=O) groups excluding carboxylic acids is 1. The molecule has 0 fully saturated rings. The predicted molar refractivity (Wildman–Crippen MR) is 66.0 cm³/mol. The first-order valence-electron chi connectivity index (χ1n) is 5.19. The Morgan fingerprint density at radius 3 is 2.78 bits per heavy atom. The molecule has 1 unspecified atom stereocenters. The second-order valence-corrected chi connectivity index (χ2v) is 3.59. The number of hydrogen-bond acceptors (Lipinski definition) is 3. The highest BCUT2D eigenvalue weighted by molar-refractivity contribution is 5.92. The number of carbonyl (C=O) groups is 2. The molecule has 0 saturated carbocycles. The molecular weight excluding hydrogens is 234 g/mol. The van der Waals surface area contributed by atoms with Gasteiger partial charge in [0.05, 0.1) is 11.9 Å². The number of nitrogens with one attached hydrogen (secondary N) is 2. The lowest BCUT2D eigenvalue weighted by molar-refractivity contribution is -0.139. The Morgan fingerprint density at radius 2 is 2.28 bits per heavy atom. The van der Waals surface area contributed by atoms with Gasteiger partial charge in [-0.05, 0) is 19.1 Å². The van der Waals surface area contributed by atoms with Crippen LogP contribution in [0, 0.1) is 19.3 Å². The van der Waals surface area contributed by atoms with Crippen molar-refractivity contribution in [3.8, 4) is 12.3 Å². The molecule has 2 amide bonds. The molecule has 0 aliphatic carbocycles. The van der Waals surface area contributed by atoms with Crippen LogP contribution in [0.15, 0.2) is 18.3 Å². The molecule has 0 bridgehead atoms. The predicted octanol–water partition coefficient (Wildman–Crippen LogP) is 0.988. The summed E-state index contributed by atoms with van der Waals surface area (Å²) in [4.78, 5) is 26.3. The Kier molecular flexibility index (Phi) is 4.69. The summed E-state index contributed by atoms with van der Waals surface area (Å²) in [5, 5.41) is 13.5. The van der Waals surface area contributed by atoms with E-state index in [0.717, 1.165) is 5.69 Å². The third-order valence-corrected chi connectivity index (χ3v) is 2.09. The maximum atomic E-state index is 11.5. The molecule has 3 N–H and O–H groups in total. The summed E-state index contributed by atoms with van der Waals surface area (Å²) >= 11 is 0. The zero-order valence-corrected chi connectivity index (χ0v) is 9.80. The van der Waals surface area contributed by atoms with Crippen LogP contribution in [0.1, 0.15) is 12.1 Å². The molecule has 1 heterocycles. The fraction of sp³-hybridized carbons (Fsp3) is 0.250. The van der Waals surface area contributed by atoms with Gasteiger partial charge >= 0.3 is 12.0 Å². The molecule has 0 aliphatic rings. The molecule has 1 atom stereocenters. The van der Waals surface area contributed by atoms with Crippen molar-refractivity contribution in [3.05, 3.63) is 24.0 Å². The smallest absolute Gasteiger partial charge is 0.327 e. The van der Waals surface area contributed by atoms with Crippen LogP contribution in [-0.2, 0) is 4.79 Å². The van der Waals surface area contributed by atoms with E-state index < -0.39 is 18.0 Å². The van der Waals surface area contributed by atoms with Gasteiger partial charge in [-0.15, -0.1) is 12.3 Å². The van der Waals surface area contributed by atoms with Gasteiger partial charge in [0.2, 0.25) is 0 Å². The number of urea groups is 1. The number of aryl methyl sites for hydroxylation is 1. The van der Waals surface area contributed by atoms with Crippen LogP contribution in [0.5, 0.6) is 0 Å². The molecule has 18 heavy (non-hydrogen) atoms. The fourth-order valence-electron chi connectivity index (χ4n) is 1.19. The van der Waals surface area contributed by atoms with Crippen LogP contribution >= 0.6 is 0 Å². The van der Waals surface area contributed by atoms with Crippen LogP contribution in [0.2, 0.25) is 0 Å². The van der Waals surface area contributed by atoms with E-state index in [1.165, 1.54) is 6.20 Å². The molecule has 94 valence electrons. The number of aliphatic carboxylic acids is 1.